The van der Waals surface area contributed by atoms with Gasteiger partial charge in [-0.1, -0.05) is 6.07 Å². The number of hydrogen-bond donors (Lipinski definition) is 1. The van der Waals surface area contributed by atoms with Crippen molar-refractivity contribution in [1.29, 1.82) is 0 Å². The van der Waals surface area contributed by atoms with Crippen LogP contribution in [-0.2, 0) is 19.1 Å². The van der Waals surface area contributed by atoms with E-state index in [0.29, 0.717) is 39.2 Å². The maximum Gasteiger partial charge on any atom is 0.290 e. The van der Waals surface area contributed by atoms with E-state index in [1.54, 1.807) is 12.0 Å². The number of nitrogens with zero attached hydrogens (tertiary/aromatic N) is 2. The van der Waals surface area contributed by atoms with Crippen LogP contribution in [0, 0.1) is 0 Å². The van der Waals surface area contributed by atoms with Crippen molar-refractivity contribution in [3.05, 3.63) is 24.3 Å². The van der Waals surface area contributed by atoms with E-state index in [1.165, 1.54) is 0 Å². The van der Waals surface area contributed by atoms with Crippen molar-refractivity contribution in [2.75, 3.05) is 51.3 Å². The second-order valence-electron chi connectivity index (χ2n) is 6.62. The number of rotatable bonds is 6. The molecule has 0 aliphatic carbocycles. The lowest BCUT2D eigenvalue weighted by atomic mass is 10.1. The van der Waals surface area contributed by atoms with Gasteiger partial charge in [-0.2, -0.15) is 0 Å². The minimum Gasteiger partial charge on any atom is -0.497 e. The molecule has 0 radical (unpaired) electrons. The Morgan fingerprint density at radius 1 is 1.22 bits per heavy atom. The molecule has 1 aromatic rings. The summed E-state index contributed by atoms with van der Waals surface area (Å²) in [7, 11) is 1.63. The van der Waals surface area contributed by atoms with Gasteiger partial charge in [-0.25, -0.2) is 0 Å². The van der Waals surface area contributed by atoms with Crippen molar-refractivity contribution in [3.63, 3.8) is 0 Å². The molecule has 2 heterocycles. The Bertz CT molecular complexity index is 694. The fraction of sp³-hybridized carbons (Fsp3) is 0.526. The number of amides is 2. The third-order valence-corrected chi connectivity index (χ3v) is 4.90. The van der Waals surface area contributed by atoms with Crippen LogP contribution in [-0.4, -0.2) is 75.0 Å². The number of Topliss-reactive ketones (excluding diaryl/α,β-unsaturated/α-hetero) is 1. The van der Waals surface area contributed by atoms with E-state index in [4.69, 9.17) is 9.47 Å². The van der Waals surface area contributed by atoms with Crippen molar-refractivity contribution < 1.29 is 23.9 Å². The van der Waals surface area contributed by atoms with Gasteiger partial charge >= 0.3 is 0 Å². The van der Waals surface area contributed by atoms with Crippen LogP contribution in [0.1, 0.15) is 12.8 Å². The summed E-state index contributed by atoms with van der Waals surface area (Å²) in [6.07, 6.45) is 0.679. The Labute approximate surface area is 158 Å². The number of anilines is 1. The minimum absolute atomic E-state index is 0.170. The van der Waals surface area contributed by atoms with Gasteiger partial charge in [0.05, 0.1) is 13.7 Å². The Hall–Kier alpha value is -2.61. The highest BCUT2D eigenvalue weighted by molar-refractivity contribution is 6.38. The number of carbonyl (C=O) groups is 3. The fourth-order valence-corrected chi connectivity index (χ4v) is 3.31. The summed E-state index contributed by atoms with van der Waals surface area (Å²) in [5.74, 6) is -0.730. The third-order valence-electron chi connectivity index (χ3n) is 4.90. The first-order valence-electron chi connectivity index (χ1n) is 9.19. The Morgan fingerprint density at radius 3 is 2.67 bits per heavy atom. The number of ether oxygens (including phenoxy) is 2. The summed E-state index contributed by atoms with van der Waals surface area (Å²) in [5, 5.41) is 2.42. The molecule has 1 atom stereocenters. The summed E-state index contributed by atoms with van der Waals surface area (Å²) in [5.41, 5.74) is 1.05. The first-order valence-corrected chi connectivity index (χ1v) is 9.19. The lowest BCUT2D eigenvalue weighted by Gasteiger charge is -2.36. The van der Waals surface area contributed by atoms with Crippen molar-refractivity contribution in [2.45, 2.75) is 18.9 Å². The van der Waals surface area contributed by atoms with Gasteiger partial charge in [0.2, 0.25) is 11.7 Å². The van der Waals surface area contributed by atoms with Gasteiger partial charge in [-0.15, -0.1) is 0 Å². The SMILES string of the molecule is COc1cccc(N2CCN(C(=O)CNC(=O)C(=O)C3CCCO3)CC2)c1. The number of nitrogens with one attached hydrogen (secondary N) is 1. The molecular formula is C19H25N3O5. The largest absolute Gasteiger partial charge is 0.497 e. The van der Waals surface area contributed by atoms with Gasteiger partial charge in [0, 0.05) is 44.5 Å². The zero-order valence-corrected chi connectivity index (χ0v) is 15.5. The number of hydrogen-bond acceptors (Lipinski definition) is 6. The molecule has 2 saturated heterocycles. The summed E-state index contributed by atoms with van der Waals surface area (Å²) in [6.45, 7) is 2.84. The third kappa shape index (κ3) is 4.77. The minimum atomic E-state index is -0.745. The van der Waals surface area contributed by atoms with E-state index in [1.807, 2.05) is 24.3 Å². The molecule has 2 aliphatic heterocycles. The second kappa shape index (κ2) is 8.85. The van der Waals surface area contributed by atoms with Gasteiger partial charge in [0.25, 0.3) is 5.91 Å². The van der Waals surface area contributed by atoms with Crippen molar-refractivity contribution in [2.24, 2.45) is 0 Å². The summed E-state index contributed by atoms with van der Waals surface area (Å²) < 4.78 is 10.5. The molecule has 1 N–H and O–H groups in total. The predicted molar refractivity (Wildman–Crippen MR) is 98.8 cm³/mol. The standard InChI is InChI=1S/C19H25N3O5/c1-26-15-5-2-4-14(12-15)21-7-9-22(10-8-21)17(23)13-20-19(25)18(24)16-6-3-11-27-16/h2,4-5,12,16H,3,6-11,13H2,1H3,(H,20,25). The zero-order valence-electron chi connectivity index (χ0n) is 15.5. The number of piperazine rings is 1. The van der Waals surface area contributed by atoms with Crippen LogP contribution in [0.3, 0.4) is 0 Å². The second-order valence-corrected chi connectivity index (χ2v) is 6.62. The van der Waals surface area contributed by atoms with Crippen LogP contribution in [0.5, 0.6) is 5.75 Å². The predicted octanol–water partition coefficient (Wildman–Crippen LogP) is 0.208. The van der Waals surface area contributed by atoms with E-state index < -0.39 is 17.8 Å². The molecule has 0 bridgehead atoms. The average molecular weight is 375 g/mol. The van der Waals surface area contributed by atoms with E-state index in [9.17, 15) is 14.4 Å². The summed E-state index contributed by atoms with van der Waals surface area (Å²) in [4.78, 5) is 40.0. The average Bonchev–Trinajstić information content (AvgIpc) is 3.26. The highest BCUT2D eigenvalue weighted by atomic mass is 16.5. The number of carbonyl (C=O) groups excluding carboxylic acids is 3. The topological polar surface area (TPSA) is 88.2 Å². The van der Waals surface area contributed by atoms with Crippen LogP contribution >= 0.6 is 0 Å². The molecule has 146 valence electrons. The summed E-state index contributed by atoms with van der Waals surface area (Å²) >= 11 is 0. The van der Waals surface area contributed by atoms with Gasteiger partial charge in [0.15, 0.2) is 0 Å². The van der Waals surface area contributed by atoms with Crippen molar-refractivity contribution >= 4 is 23.3 Å². The van der Waals surface area contributed by atoms with Gasteiger partial charge in [0.1, 0.15) is 11.9 Å². The first kappa shape index (κ1) is 19.2. The molecule has 8 heteroatoms. The van der Waals surface area contributed by atoms with E-state index in [2.05, 4.69) is 10.2 Å². The quantitative estimate of drug-likeness (QED) is 0.715. The van der Waals surface area contributed by atoms with Crippen molar-refractivity contribution in [3.8, 4) is 5.75 Å². The van der Waals surface area contributed by atoms with Crippen LogP contribution in [0.2, 0.25) is 0 Å². The van der Waals surface area contributed by atoms with Gasteiger partial charge in [-0.05, 0) is 25.0 Å². The molecule has 27 heavy (non-hydrogen) atoms. The van der Waals surface area contributed by atoms with E-state index in [0.717, 1.165) is 17.9 Å². The fourth-order valence-electron chi connectivity index (χ4n) is 3.31. The maximum atomic E-state index is 12.3. The highest BCUT2D eigenvalue weighted by Gasteiger charge is 2.30. The molecule has 2 aliphatic rings. The molecule has 0 aromatic heterocycles. The van der Waals surface area contributed by atoms with E-state index in [-0.39, 0.29) is 12.5 Å². The Morgan fingerprint density at radius 2 is 2.00 bits per heavy atom. The highest BCUT2D eigenvalue weighted by Crippen LogP contribution is 2.22. The molecule has 2 amide bonds. The van der Waals surface area contributed by atoms with Gasteiger partial charge < -0.3 is 24.6 Å². The molecule has 2 fully saturated rings. The Balaban J connectivity index is 1.44. The number of ketones is 1. The first-order chi connectivity index (χ1) is 13.1. The molecule has 1 unspecified atom stereocenters. The molecule has 8 nitrogen and oxygen atoms in total. The van der Waals surface area contributed by atoms with Gasteiger partial charge in [-0.3, -0.25) is 14.4 Å². The molecule has 0 spiro atoms. The molecule has 3 rings (SSSR count). The van der Waals surface area contributed by atoms with Crippen LogP contribution in [0.25, 0.3) is 0 Å². The van der Waals surface area contributed by atoms with Crippen LogP contribution < -0.4 is 15.0 Å². The maximum absolute atomic E-state index is 12.3. The number of methoxy groups -OCH3 is 1. The normalized spacial score (nSPS) is 19.7. The lowest BCUT2D eigenvalue weighted by molar-refractivity contribution is -0.144. The zero-order chi connectivity index (χ0) is 19.2. The lowest BCUT2D eigenvalue weighted by Crippen LogP contribution is -2.52. The number of benzene rings is 1. The molecule has 0 saturated carbocycles. The van der Waals surface area contributed by atoms with Crippen molar-refractivity contribution in [1.82, 2.24) is 10.2 Å². The molecular weight excluding hydrogens is 350 g/mol. The Kier molecular flexibility index (Phi) is 6.28. The monoisotopic (exact) mass is 375 g/mol. The smallest absolute Gasteiger partial charge is 0.290 e. The van der Waals surface area contributed by atoms with Crippen LogP contribution in [0.4, 0.5) is 5.69 Å². The molecule has 1 aromatic carbocycles. The summed E-state index contributed by atoms with van der Waals surface area (Å²) in [6, 6.07) is 7.81. The van der Waals surface area contributed by atoms with Crippen LogP contribution in [0.15, 0.2) is 24.3 Å². The van der Waals surface area contributed by atoms with E-state index >= 15 is 0 Å².